The van der Waals surface area contributed by atoms with Crippen molar-refractivity contribution in [1.82, 2.24) is 0 Å². The molecule has 2 aliphatic carbocycles. The van der Waals surface area contributed by atoms with Crippen molar-refractivity contribution in [2.45, 2.75) is 142 Å². The van der Waals surface area contributed by atoms with Gasteiger partial charge in [0.25, 0.3) is 0 Å². The molecule has 0 atom stereocenters. The number of carbonyl (C=O) groups is 1. The van der Waals surface area contributed by atoms with Gasteiger partial charge in [0.1, 0.15) is 0 Å². The van der Waals surface area contributed by atoms with Crippen molar-refractivity contribution >= 4 is 5.78 Å². The Morgan fingerprint density at radius 3 is 1.37 bits per heavy atom. The van der Waals surface area contributed by atoms with Crippen molar-refractivity contribution in [3.8, 4) is 0 Å². The van der Waals surface area contributed by atoms with Gasteiger partial charge in [-0.1, -0.05) is 102 Å². The summed E-state index contributed by atoms with van der Waals surface area (Å²) in [6.07, 6.45) is 30.3. The van der Waals surface area contributed by atoms with Crippen LogP contribution < -0.4 is 0 Å². The lowest BCUT2D eigenvalue weighted by Gasteiger charge is -2.25. The third kappa shape index (κ3) is 9.97. The van der Waals surface area contributed by atoms with E-state index in [1.54, 1.807) is 0 Å². The molecule has 1 heteroatoms. The van der Waals surface area contributed by atoms with Gasteiger partial charge in [-0.2, -0.15) is 0 Å². The fourth-order valence-electron chi connectivity index (χ4n) is 5.65. The molecule has 0 aliphatic heterocycles. The van der Waals surface area contributed by atoms with Gasteiger partial charge in [0.2, 0.25) is 0 Å². The fourth-order valence-corrected chi connectivity index (χ4v) is 5.65. The van der Waals surface area contributed by atoms with Crippen LogP contribution in [0, 0.1) is 11.8 Å². The van der Waals surface area contributed by atoms with E-state index in [0.29, 0.717) is 17.6 Å². The first-order valence-electron chi connectivity index (χ1n) is 13.7. The van der Waals surface area contributed by atoms with E-state index in [4.69, 9.17) is 0 Å². The van der Waals surface area contributed by atoms with Gasteiger partial charge in [-0.25, -0.2) is 0 Å². The Bertz CT molecular complexity index is 468. The Morgan fingerprint density at radius 1 is 0.600 bits per heavy atom. The molecule has 2 aliphatic rings. The summed E-state index contributed by atoms with van der Waals surface area (Å²) >= 11 is 0. The van der Waals surface area contributed by atoms with Gasteiger partial charge in [-0.15, -0.1) is 0 Å². The molecule has 0 heterocycles. The van der Waals surface area contributed by atoms with E-state index in [2.05, 4.69) is 26.0 Å². The maximum Gasteiger partial charge on any atom is 0.178 e. The summed E-state index contributed by atoms with van der Waals surface area (Å²) in [5, 5.41) is 0. The van der Waals surface area contributed by atoms with E-state index in [1.807, 2.05) is 0 Å². The standard InChI is InChI=1S/C29H50O/c1-3-5-7-11-21-27(25-17-13-9-14-18-25)23-29(30)24-28(22-12-8-6-4-2)26-19-15-10-16-20-26/h23-26H,3-22H2,1-2H3. The number of unbranched alkanes of at least 4 members (excludes halogenated alkanes) is 6. The van der Waals surface area contributed by atoms with E-state index >= 15 is 0 Å². The number of carbonyl (C=O) groups excluding carboxylic acids is 1. The van der Waals surface area contributed by atoms with Crippen LogP contribution in [-0.4, -0.2) is 5.78 Å². The first-order valence-corrected chi connectivity index (χ1v) is 13.7. The van der Waals surface area contributed by atoms with Gasteiger partial charge in [0.05, 0.1) is 0 Å². The van der Waals surface area contributed by atoms with Crippen LogP contribution in [0.5, 0.6) is 0 Å². The zero-order valence-electron chi connectivity index (χ0n) is 20.4. The van der Waals surface area contributed by atoms with Gasteiger partial charge >= 0.3 is 0 Å². The molecular weight excluding hydrogens is 364 g/mol. The summed E-state index contributed by atoms with van der Waals surface area (Å²) in [4.78, 5) is 13.2. The largest absolute Gasteiger partial charge is 0.290 e. The highest BCUT2D eigenvalue weighted by Crippen LogP contribution is 2.34. The zero-order valence-corrected chi connectivity index (χ0v) is 20.4. The maximum absolute atomic E-state index is 13.2. The molecule has 0 unspecified atom stereocenters. The second kappa shape index (κ2) is 15.9. The predicted octanol–water partition coefficient (Wildman–Crippen LogP) is 9.51. The van der Waals surface area contributed by atoms with Gasteiger partial charge < -0.3 is 0 Å². The highest BCUT2D eigenvalue weighted by Gasteiger charge is 2.20. The van der Waals surface area contributed by atoms with E-state index in [9.17, 15) is 4.79 Å². The Hall–Kier alpha value is -0.850. The summed E-state index contributed by atoms with van der Waals surface area (Å²) in [5.41, 5.74) is 2.97. The molecule has 1 nitrogen and oxygen atoms in total. The zero-order chi connectivity index (χ0) is 21.4. The average Bonchev–Trinajstić information content (AvgIpc) is 2.79. The summed E-state index contributed by atoms with van der Waals surface area (Å²) in [6, 6.07) is 0. The molecule has 0 aromatic heterocycles. The second-order valence-electron chi connectivity index (χ2n) is 10.1. The number of rotatable bonds is 14. The highest BCUT2D eigenvalue weighted by atomic mass is 16.1. The first kappa shape index (κ1) is 25.4. The van der Waals surface area contributed by atoms with E-state index in [1.165, 1.54) is 127 Å². The molecular formula is C29H50O. The fraction of sp³-hybridized carbons (Fsp3) is 0.828. The molecule has 0 bridgehead atoms. The minimum absolute atomic E-state index is 0.308. The Kier molecular flexibility index (Phi) is 13.4. The van der Waals surface area contributed by atoms with Crippen LogP contribution in [0.25, 0.3) is 0 Å². The number of allylic oxidation sites excluding steroid dienone is 4. The molecule has 172 valence electrons. The second-order valence-corrected chi connectivity index (χ2v) is 10.1. The topological polar surface area (TPSA) is 17.1 Å². The van der Waals surface area contributed by atoms with Crippen LogP contribution in [-0.2, 0) is 4.79 Å². The van der Waals surface area contributed by atoms with Crippen molar-refractivity contribution in [3.05, 3.63) is 23.3 Å². The summed E-state index contributed by atoms with van der Waals surface area (Å²) < 4.78 is 0. The predicted molar refractivity (Wildman–Crippen MR) is 132 cm³/mol. The van der Waals surface area contributed by atoms with E-state index in [0.717, 1.165) is 12.8 Å². The van der Waals surface area contributed by atoms with Gasteiger partial charge in [-0.05, 0) is 75.4 Å². The van der Waals surface area contributed by atoms with Crippen molar-refractivity contribution in [3.63, 3.8) is 0 Å². The van der Waals surface area contributed by atoms with Crippen LogP contribution in [0.3, 0.4) is 0 Å². The van der Waals surface area contributed by atoms with E-state index in [-0.39, 0.29) is 0 Å². The van der Waals surface area contributed by atoms with Crippen molar-refractivity contribution in [1.29, 1.82) is 0 Å². The molecule has 2 rings (SSSR count). The minimum Gasteiger partial charge on any atom is -0.290 e. The Morgan fingerprint density at radius 2 is 1.00 bits per heavy atom. The normalized spacial score (nSPS) is 19.9. The maximum atomic E-state index is 13.2. The van der Waals surface area contributed by atoms with Crippen LogP contribution in [0.4, 0.5) is 0 Å². The van der Waals surface area contributed by atoms with Gasteiger partial charge in [-0.3, -0.25) is 4.79 Å². The molecule has 0 spiro atoms. The van der Waals surface area contributed by atoms with Gasteiger partial charge in [0.15, 0.2) is 5.78 Å². The van der Waals surface area contributed by atoms with Crippen LogP contribution in [0.1, 0.15) is 142 Å². The minimum atomic E-state index is 0.308. The smallest absolute Gasteiger partial charge is 0.178 e. The molecule has 30 heavy (non-hydrogen) atoms. The first-order chi connectivity index (χ1) is 14.7. The molecule has 0 N–H and O–H groups in total. The third-order valence-corrected chi connectivity index (χ3v) is 7.55. The van der Waals surface area contributed by atoms with Crippen LogP contribution >= 0.6 is 0 Å². The molecule has 0 amide bonds. The van der Waals surface area contributed by atoms with Crippen LogP contribution in [0.15, 0.2) is 23.3 Å². The molecule has 0 saturated heterocycles. The van der Waals surface area contributed by atoms with E-state index < -0.39 is 0 Å². The third-order valence-electron chi connectivity index (χ3n) is 7.55. The number of ketones is 1. The molecule has 0 radical (unpaired) electrons. The summed E-state index contributed by atoms with van der Waals surface area (Å²) in [5.74, 6) is 1.67. The average molecular weight is 415 g/mol. The summed E-state index contributed by atoms with van der Waals surface area (Å²) in [6.45, 7) is 4.55. The quantitative estimate of drug-likeness (QED) is 0.204. The lowest BCUT2D eigenvalue weighted by atomic mass is 9.80. The molecule has 0 aromatic carbocycles. The number of hydrogen-bond donors (Lipinski definition) is 0. The lowest BCUT2D eigenvalue weighted by Crippen LogP contribution is -2.12. The SMILES string of the molecule is CCCCCCC(=CC(=O)C=C(CCCCCC)C1CCCCC1)C1CCCCC1. The Balaban J connectivity index is 2.06. The highest BCUT2D eigenvalue weighted by molar-refractivity contribution is 6.00. The molecule has 2 fully saturated rings. The van der Waals surface area contributed by atoms with Gasteiger partial charge in [0, 0.05) is 0 Å². The molecule has 0 aromatic rings. The van der Waals surface area contributed by atoms with Crippen LogP contribution in [0.2, 0.25) is 0 Å². The number of hydrogen-bond acceptors (Lipinski definition) is 1. The summed E-state index contributed by atoms with van der Waals surface area (Å²) in [7, 11) is 0. The Labute approximate surface area is 188 Å². The monoisotopic (exact) mass is 414 g/mol. The van der Waals surface area contributed by atoms with Crippen molar-refractivity contribution in [2.24, 2.45) is 11.8 Å². The van der Waals surface area contributed by atoms with Crippen molar-refractivity contribution < 1.29 is 4.79 Å². The van der Waals surface area contributed by atoms with Crippen molar-refractivity contribution in [2.75, 3.05) is 0 Å². The lowest BCUT2D eigenvalue weighted by molar-refractivity contribution is -0.110. The molecule has 2 saturated carbocycles.